The first-order chi connectivity index (χ1) is 14.7. The van der Waals surface area contributed by atoms with E-state index < -0.39 is 0 Å². The number of nitrogens with one attached hydrogen (secondary N) is 1. The molecule has 3 aliphatic rings. The van der Waals surface area contributed by atoms with Gasteiger partial charge < -0.3 is 19.9 Å². The number of piperazine rings is 1. The molecule has 1 atom stereocenters. The van der Waals surface area contributed by atoms with Crippen LogP contribution in [-0.4, -0.2) is 88.4 Å². The van der Waals surface area contributed by atoms with Gasteiger partial charge in [-0.1, -0.05) is 12.1 Å². The number of rotatable bonds is 6. The number of hydrogen-bond donors (Lipinski definition) is 1. The first-order valence-corrected chi connectivity index (χ1v) is 11.7. The third-order valence-electron chi connectivity index (χ3n) is 7.06. The molecule has 0 amide bonds. The van der Waals surface area contributed by atoms with Crippen LogP contribution >= 0.6 is 24.0 Å². The number of nitrogens with zero attached hydrogens (tertiary/aromatic N) is 4. The number of likely N-dealkylation sites (tertiary alicyclic amines) is 1. The van der Waals surface area contributed by atoms with E-state index in [1.165, 1.54) is 56.6 Å². The maximum absolute atomic E-state index is 5.66. The number of benzene rings is 1. The number of unbranched alkanes of at least 4 members (excludes halogenated alkanes) is 1. The van der Waals surface area contributed by atoms with Crippen LogP contribution < -0.4 is 10.2 Å². The van der Waals surface area contributed by atoms with Crippen molar-refractivity contribution in [1.82, 2.24) is 15.1 Å². The molecule has 31 heavy (non-hydrogen) atoms. The summed E-state index contributed by atoms with van der Waals surface area (Å²) in [6.07, 6.45) is 4.88. The quantitative estimate of drug-likeness (QED) is 0.260. The molecule has 0 aromatic heterocycles. The van der Waals surface area contributed by atoms with Gasteiger partial charge in [0.2, 0.25) is 0 Å². The van der Waals surface area contributed by atoms with Crippen LogP contribution in [0.15, 0.2) is 29.3 Å². The van der Waals surface area contributed by atoms with Crippen molar-refractivity contribution >= 4 is 35.6 Å². The predicted molar refractivity (Wildman–Crippen MR) is 140 cm³/mol. The van der Waals surface area contributed by atoms with Crippen LogP contribution in [0.3, 0.4) is 0 Å². The van der Waals surface area contributed by atoms with Crippen molar-refractivity contribution in [2.45, 2.75) is 32.6 Å². The Balaban J connectivity index is 0.00000272. The topological polar surface area (TPSA) is 43.3 Å². The number of aliphatic imine (C=N–C) groups is 1. The number of aryl methyl sites for hydroxylation is 1. The molecule has 1 spiro atoms. The Bertz CT molecular complexity index is 714. The van der Waals surface area contributed by atoms with Crippen molar-refractivity contribution in [3.8, 4) is 0 Å². The van der Waals surface area contributed by atoms with Crippen LogP contribution in [0.1, 0.15) is 31.2 Å². The summed E-state index contributed by atoms with van der Waals surface area (Å²) in [5, 5.41) is 3.60. The third-order valence-corrected chi connectivity index (χ3v) is 7.06. The lowest BCUT2D eigenvalue weighted by molar-refractivity contribution is 0.156. The fourth-order valence-electron chi connectivity index (χ4n) is 5.13. The van der Waals surface area contributed by atoms with Gasteiger partial charge in [0.05, 0.1) is 6.61 Å². The molecule has 3 saturated heterocycles. The number of halogens is 1. The number of guanidine groups is 1. The van der Waals surface area contributed by atoms with E-state index in [0.29, 0.717) is 5.41 Å². The van der Waals surface area contributed by atoms with E-state index in [9.17, 15) is 0 Å². The minimum atomic E-state index is 0. The number of hydrogen-bond acceptors (Lipinski definition) is 4. The Hall–Kier alpha value is -1.06. The fraction of sp³-hybridized carbons (Fsp3) is 0.708. The summed E-state index contributed by atoms with van der Waals surface area (Å²) in [7, 11) is 1.91. The van der Waals surface area contributed by atoms with Gasteiger partial charge in [0.1, 0.15) is 0 Å². The summed E-state index contributed by atoms with van der Waals surface area (Å²) in [6, 6.07) is 8.88. The van der Waals surface area contributed by atoms with Crippen LogP contribution in [0.2, 0.25) is 0 Å². The Morgan fingerprint density at radius 3 is 2.68 bits per heavy atom. The molecule has 3 heterocycles. The smallest absolute Gasteiger partial charge is 0.193 e. The Morgan fingerprint density at radius 2 is 1.97 bits per heavy atom. The molecule has 0 aliphatic carbocycles. The van der Waals surface area contributed by atoms with Gasteiger partial charge in [-0.3, -0.25) is 9.89 Å². The molecule has 1 aromatic rings. The number of ether oxygens (including phenoxy) is 1. The zero-order chi connectivity index (χ0) is 20.8. The molecule has 1 aromatic carbocycles. The van der Waals surface area contributed by atoms with E-state index in [0.717, 1.165) is 51.9 Å². The standard InChI is InChI=1S/C24H39N5O.HI/c1-21-6-5-7-22(18-21)28-15-13-27(14-16-28)11-4-3-10-26-23(25-2)29-12-8-24(19-29)9-17-30-20-24;/h5-7,18H,3-4,8-17,19-20H2,1-2H3,(H,25,26);1H. The third kappa shape index (κ3) is 6.48. The van der Waals surface area contributed by atoms with Gasteiger partial charge in [0, 0.05) is 70.6 Å². The predicted octanol–water partition coefficient (Wildman–Crippen LogP) is 3.20. The van der Waals surface area contributed by atoms with Crippen LogP contribution in [-0.2, 0) is 4.74 Å². The van der Waals surface area contributed by atoms with Crippen LogP contribution in [0.5, 0.6) is 0 Å². The highest BCUT2D eigenvalue weighted by atomic mass is 127. The van der Waals surface area contributed by atoms with E-state index in [2.05, 4.69) is 56.2 Å². The minimum absolute atomic E-state index is 0. The van der Waals surface area contributed by atoms with E-state index >= 15 is 0 Å². The average molecular weight is 542 g/mol. The van der Waals surface area contributed by atoms with E-state index in [-0.39, 0.29) is 24.0 Å². The molecule has 174 valence electrons. The second-order valence-electron chi connectivity index (χ2n) is 9.32. The van der Waals surface area contributed by atoms with Crippen molar-refractivity contribution in [2.24, 2.45) is 10.4 Å². The summed E-state index contributed by atoms with van der Waals surface area (Å²) in [6.45, 7) is 13.0. The summed E-state index contributed by atoms with van der Waals surface area (Å²) >= 11 is 0. The first-order valence-electron chi connectivity index (χ1n) is 11.7. The van der Waals surface area contributed by atoms with Gasteiger partial charge in [0.25, 0.3) is 0 Å². The maximum Gasteiger partial charge on any atom is 0.193 e. The Labute approximate surface area is 205 Å². The molecule has 3 aliphatic heterocycles. The zero-order valence-electron chi connectivity index (χ0n) is 19.3. The summed E-state index contributed by atoms with van der Waals surface area (Å²) < 4.78 is 5.66. The lowest BCUT2D eigenvalue weighted by atomic mass is 9.87. The average Bonchev–Trinajstić information content (AvgIpc) is 3.41. The molecule has 0 radical (unpaired) electrons. The highest BCUT2D eigenvalue weighted by Crippen LogP contribution is 2.38. The van der Waals surface area contributed by atoms with Gasteiger partial charge in [-0.15, -0.1) is 24.0 Å². The largest absolute Gasteiger partial charge is 0.381 e. The Kier molecular flexibility index (Phi) is 9.28. The van der Waals surface area contributed by atoms with Crippen molar-refractivity contribution in [1.29, 1.82) is 0 Å². The summed E-state index contributed by atoms with van der Waals surface area (Å²) in [4.78, 5) is 12.1. The molecule has 0 saturated carbocycles. The number of anilines is 1. The highest BCUT2D eigenvalue weighted by Gasteiger charge is 2.42. The highest BCUT2D eigenvalue weighted by molar-refractivity contribution is 14.0. The van der Waals surface area contributed by atoms with Crippen molar-refractivity contribution < 1.29 is 4.74 Å². The molecule has 1 N–H and O–H groups in total. The maximum atomic E-state index is 5.66. The fourth-order valence-corrected chi connectivity index (χ4v) is 5.13. The second kappa shape index (κ2) is 11.7. The Morgan fingerprint density at radius 1 is 1.13 bits per heavy atom. The molecular weight excluding hydrogens is 501 g/mol. The molecule has 0 bridgehead atoms. The zero-order valence-corrected chi connectivity index (χ0v) is 21.6. The lowest BCUT2D eigenvalue weighted by Gasteiger charge is -2.36. The van der Waals surface area contributed by atoms with Crippen molar-refractivity contribution in [3.63, 3.8) is 0 Å². The first kappa shape index (κ1) is 24.6. The molecule has 4 rings (SSSR count). The minimum Gasteiger partial charge on any atom is -0.381 e. The van der Waals surface area contributed by atoms with Crippen LogP contribution in [0, 0.1) is 12.3 Å². The van der Waals surface area contributed by atoms with Gasteiger partial charge in [0.15, 0.2) is 5.96 Å². The second-order valence-corrected chi connectivity index (χ2v) is 9.32. The monoisotopic (exact) mass is 541 g/mol. The molecule has 1 unspecified atom stereocenters. The van der Waals surface area contributed by atoms with Crippen molar-refractivity contribution in [2.75, 3.05) is 77.5 Å². The van der Waals surface area contributed by atoms with Crippen molar-refractivity contribution in [3.05, 3.63) is 29.8 Å². The molecular formula is C24H40IN5O. The van der Waals surface area contributed by atoms with E-state index in [1.54, 1.807) is 0 Å². The molecule has 3 fully saturated rings. The normalized spacial score (nSPS) is 24.6. The molecule has 6 nitrogen and oxygen atoms in total. The van der Waals surface area contributed by atoms with E-state index in [4.69, 9.17) is 4.74 Å². The molecule has 7 heteroatoms. The van der Waals surface area contributed by atoms with Gasteiger partial charge in [-0.25, -0.2) is 0 Å². The SMILES string of the molecule is CN=C(NCCCCN1CCN(c2cccc(C)c2)CC1)N1CCC2(CCOC2)C1.I. The van der Waals surface area contributed by atoms with Crippen LogP contribution in [0.25, 0.3) is 0 Å². The van der Waals surface area contributed by atoms with Gasteiger partial charge in [-0.2, -0.15) is 0 Å². The lowest BCUT2D eigenvalue weighted by Crippen LogP contribution is -2.46. The summed E-state index contributed by atoms with van der Waals surface area (Å²) in [5.74, 6) is 1.07. The summed E-state index contributed by atoms with van der Waals surface area (Å²) in [5.41, 5.74) is 3.11. The van der Waals surface area contributed by atoms with E-state index in [1.807, 2.05) is 7.05 Å². The van der Waals surface area contributed by atoms with Gasteiger partial charge >= 0.3 is 0 Å². The van der Waals surface area contributed by atoms with Crippen LogP contribution in [0.4, 0.5) is 5.69 Å². The van der Waals surface area contributed by atoms with Gasteiger partial charge in [-0.05, 0) is 56.8 Å².